The average molecular weight is 332 g/mol. The van der Waals surface area contributed by atoms with Crippen molar-refractivity contribution in [1.82, 2.24) is 5.32 Å². The summed E-state index contributed by atoms with van der Waals surface area (Å²) in [5.41, 5.74) is 0.189. The molecule has 0 bridgehead atoms. The number of esters is 2. The van der Waals surface area contributed by atoms with Crippen LogP contribution < -0.4 is 5.32 Å². The first kappa shape index (κ1) is 15.6. The van der Waals surface area contributed by atoms with Crippen LogP contribution >= 0.6 is 23.2 Å². The van der Waals surface area contributed by atoms with E-state index >= 15 is 0 Å². The number of benzene rings is 1. The summed E-state index contributed by atoms with van der Waals surface area (Å²) < 4.78 is 9.53. The highest BCUT2D eigenvalue weighted by Gasteiger charge is 2.30. The topological polar surface area (TPSA) is 81.7 Å². The summed E-state index contributed by atoms with van der Waals surface area (Å²) in [4.78, 5) is 34.5. The van der Waals surface area contributed by atoms with Gasteiger partial charge in [-0.25, -0.2) is 4.79 Å². The molecule has 1 fully saturated rings. The van der Waals surface area contributed by atoms with Gasteiger partial charge in [0.25, 0.3) is 5.91 Å². The fourth-order valence-electron chi connectivity index (χ4n) is 1.71. The number of rotatable bonds is 4. The maximum atomic E-state index is 11.8. The molecule has 0 spiro atoms. The van der Waals surface area contributed by atoms with Crippen molar-refractivity contribution in [1.29, 1.82) is 0 Å². The van der Waals surface area contributed by atoms with Crippen LogP contribution in [-0.2, 0) is 19.1 Å². The molecule has 1 aliphatic rings. The van der Waals surface area contributed by atoms with Gasteiger partial charge in [-0.15, -0.1) is 0 Å². The van der Waals surface area contributed by atoms with Gasteiger partial charge in [0.05, 0.1) is 17.2 Å². The van der Waals surface area contributed by atoms with Crippen LogP contribution in [0.2, 0.25) is 10.0 Å². The van der Waals surface area contributed by atoms with Crippen LogP contribution in [0.15, 0.2) is 18.2 Å². The lowest BCUT2D eigenvalue weighted by Crippen LogP contribution is -2.33. The number of ether oxygens (including phenoxy) is 2. The Morgan fingerprint density at radius 1 is 1.38 bits per heavy atom. The van der Waals surface area contributed by atoms with Crippen molar-refractivity contribution in [2.24, 2.45) is 0 Å². The van der Waals surface area contributed by atoms with Crippen molar-refractivity contribution < 1.29 is 23.9 Å². The number of amides is 1. The number of hydrogen-bond donors (Lipinski definition) is 1. The van der Waals surface area contributed by atoms with Crippen LogP contribution in [0, 0.1) is 0 Å². The summed E-state index contributed by atoms with van der Waals surface area (Å²) in [5.74, 6) is -1.84. The van der Waals surface area contributed by atoms with E-state index in [2.05, 4.69) is 10.1 Å². The molecule has 1 saturated heterocycles. The molecule has 1 aromatic carbocycles. The summed E-state index contributed by atoms with van der Waals surface area (Å²) in [6.45, 7) is -0.148. The quantitative estimate of drug-likeness (QED) is 0.847. The zero-order valence-electron chi connectivity index (χ0n) is 10.7. The zero-order chi connectivity index (χ0) is 15.4. The molecule has 21 heavy (non-hydrogen) atoms. The number of nitrogens with one attached hydrogen (secondary N) is 1. The normalized spacial score (nSPS) is 17.2. The van der Waals surface area contributed by atoms with E-state index in [1.165, 1.54) is 18.2 Å². The number of hydrogen-bond acceptors (Lipinski definition) is 5. The van der Waals surface area contributed by atoms with Crippen molar-refractivity contribution in [3.05, 3.63) is 33.8 Å². The minimum absolute atomic E-state index is 0.174. The predicted octanol–water partition coefficient (Wildman–Crippen LogP) is 1.58. The Labute approximate surface area is 130 Å². The Bertz CT molecular complexity index is 590. The molecule has 0 unspecified atom stereocenters. The molecule has 6 nitrogen and oxygen atoms in total. The van der Waals surface area contributed by atoms with E-state index < -0.39 is 23.9 Å². The second-order valence-electron chi connectivity index (χ2n) is 4.24. The van der Waals surface area contributed by atoms with Gasteiger partial charge in [-0.3, -0.25) is 9.59 Å². The van der Waals surface area contributed by atoms with Gasteiger partial charge in [0, 0.05) is 11.4 Å². The molecule has 8 heteroatoms. The largest absolute Gasteiger partial charge is 0.463 e. The third kappa shape index (κ3) is 4.09. The Morgan fingerprint density at radius 3 is 2.76 bits per heavy atom. The number of carbonyl (C=O) groups is 3. The maximum absolute atomic E-state index is 11.8. The lowest BCUT2D eigenvalue weighted by Gasteiger charge is -2.09. The molecule has 2 rings (SSSR count). The van der Waals surface area contributed by atoms with Gasteiger partial charge in [-0.05, 0) is 18.2 Å². The van der Waals surface area contributed by atoms with E-state index in [0.717, 1.165) is 0 Å². The minimum Gasteiger partial charge on any atom is -0.463 e. The minimum atomic E-state index is -0.895. The number of cyclic esters (lactones) is 1. The van der Waals surface area contributed by atoms with Crippen LogP contribution in [0.1, 0.15) is 16.8 Å². The van der Waals surface area contributed by atoms with Crippen LogP contribution in [0.25, 0.3) is 0 Å². The van der Waals surface area contributed by atoms with Gasteiger partial charge in [-0.1, -0.05) is 23.2 Å². The second kappa shape index (κ2) is 6.78. The van der Waals surface area contributed by atoms with Crippen LogP contribution in [0.4, 0.5) is 0 Å². The van der Waals surface area contributed by atoms with Crippen LogP contribution in [-0.4, -0.2) is 37.1 Å². The van der Waals surface area contributed by atoms with Gasteiger partial charge in [0.2, 0.25) is 6.10 Å². The molecule has 1 N–H and O–H groups in total. The molecule has 112 valence electrons. The van der Waals surface area contributed by atoms with Gasteiger partial charge >= 0.3 is 11.9 Å². The molecule has 0 aromatic heterocycles. The molecule has 0 saturated carbocycles. The SMILES string of the molecule is O=C(CNC(=O)c1ccc(Cl)cc1Cl)O[C@@H]1CCOC1=O. The zero-order valence-corrected chi connectivity index (χ0v) is 12.2. The molecule has 1 aromatic rings. The first-order chi connectivity index (χ1) is 9.97. The highest BCUT2D eigenvalue weighted by atomic mass is 35.5. The van der Waals surface area contributed by atoms with E-state index in [4.69, 9.17) is 27.9 Å². The predicted molar refractivity (Wildman–Crippen MR) is 74.3 cm³/mol. The van der Waals surface area contributed by atoms with Crippen molar-refractivity contribution in [2.75, 3.05) is 13.2 Å². The first-order valence-electron chi connectivity index (χ1n) is 6.07. The van der Waals surface area contributed by atoms with E-state index in [9.17, 15) is 14.4 Å². The van der Waals surface area contributed by atoms with Gasteiger partial charge in [0.1, 0.15) is 6.54 Å². The maximum Gasteiger partial charge on any atom is 0.347 e. The van der Waals surface area contributed by atoms with Crippen LogP contribution in [0.5, 0.6) is 0 Å². The fourth-order valence-corrected chi connectivity index (χ4v) is 2.20. The molecule has 0 aliphatic carbocycles. The monoisotopic (exact) mass is 331 g/mol. The Morgan fingerprint density at radius 2 is 2.14 bits per heavy atom. The summed E-state index contributed by atoms with van der Waals surface area (Å²) in [5, 5.41) is 2.93. The number of halogens is 2. The van der Waals surface area contributed by atoms with Crippen molar-refractivity contribution >= 4 is 41.0 Å². The lowest BCUT2D eigenvalue weighted by atomic mass is 10.2. The van der Waals surface area contributed by atoms with Gasteiger partial charge in [-0.2, -0.15) is 0 Å². The average Bonchev–Trinajstić information content (AvgIpc) is 2.81. The molecule has 1 amide bonds. The standard InChI is InChI=1S/C13H11Cl2NO5/c14-7-1-2-8(9(15)5-7)12(18)16-6-11(17)21-10-3-4-20-13(10)19/h1-2,5,10H,3-4,6H2,(H,16,18)/t10-/m1/s1. The van der Waals surface area contributed by atoms with E-state index in [0.29, 0.717) is 11.4 Å². The molecule has 1 atom stereocenters. The van der Waals surface area contributed by atoms with Crippen molar-refractivity contribution in [3.8, 4) is 0 Å². The Kier molecular flexibility index (Phi) is 5.03. The third-order valence-corrected chi connectivity index (χ3v) is 3.28. The molecular weight excluding hydrogens is 321 g/mol. The van der Waals surface area contributed by atoms with E-state index in [-0.39, 0.29) is 23.7 Å². The number of carbonyl (C=O) groups excluding carboxylic acids is 3. The van der Waals surface area contributed by atoms with E-state index in [1.54, 1.807) is 0 Å². The van der Waals surface area contributed by atoms with Gasteiger partial charge in [0.15, 0.2) is 0 Å². The second-order valence-corrected chi connectivity index (χ2v) is 5.09. The van der Waals surface area contributed by atoms with Crippen molar-refractivity contribution in [2.45, 2.75) is 12.5 Å². The molecule has 1 aliphatic heterocycles. The summed E-state index contributed by atoms with van der Waals surface area (Å²) in [6.07, 6.45) is -0.574. The van der Waals surface area contributed by atoms with Gasteiger partial charge < -0.3 is 14.8 Å². The van der Waals surface area contributed by atoms with Crippen molar-refractivity contribution in [3.63, 3.8) is 0 Å². The fraction of sp³-hybridized carbons (Fsp3) is 0.308. The molecule has 1 heterocycles. The van der Waals surface area contributed by atoms with E-state index in [1.807, 2.05) is 0 Å². The Hall–Kier alpha value is -1.79. The summed E-state index contributed by atoms with van der Waals surface area (Å²) in [7, 11) is 0. The highest BCUT2D eigenvalue weighted by Crippen LogP contribution is 2.20. The molecule has 0 radical (unpaired) electrons. The van der Waals surface area contributed by atoms with Crippen LogP contribution in [0.3, 0.4) is 0 Å². The summed E-state index contributed by atoms with van der Waals surface area (Å²) in [6, 6.07) is 4.37. The molecular formula is C13H11Cl2NO5. The third-order valence-electron chi connectivity index (χ3n) is 2.73. The highest BCUT2D eigenvalue weighted by molar-refractivity contribution is 6.36. The lowest BCUT2D eigenvalue weighted by molar-refractivity contribution is -0.159. The Balaban J connectivity index is 1.86. The summed E-state index contributed by atoms with van der Waals surface area (Å²) >= 11 is 11.6. The smallest absolute Gasteiger partial charge is 0.347 e. The first-order valence-corrected chi connectivity index (χ1v) is 6.82.